The minimum atomic E-state index is 0.0370. The molecule has 0 saturated carbocycles. The summed E-state index contributed by atoms with van der Waals surface area (Å²) in [6.45, 7) is 1.18. The minimum Gasteiger partial charge on any atom is -0.458 e. The Morgan fingerprint density at radius 2 is 2.78 bits per heavy atom. The molecular formula is C5H10N2O2. The van der Waals surface area contributed by atoms with Gasteiger partial charge in [0.2, 0.25) is 0 Å². The molecule has 0 saturated heterocycles. The van der Waals surface area contributed by atoms with Crippen molar-refractivity contribution in [2.75, 3.05) is 20.3 Å². The van der Waals surface area contributed by atoms with Crippen molar-refractivity contribution in [1.29, 1.82) is 0 Å². The average molecular weight is 130 g/mol. The number of hydrogen-bond donors (Lipinski definition) is 1. The second-order valence-corrected chi connectivity index (χ2v) is 1.87. The van der Waals surface area contributed by atoms with Crippen LogP contribution < -0.4 is 5.73 Å². The first-order valence-corrected chi connectivity index (χ1v) is 2.78. The maximum atomic E-state index is 5.23. The summed E-state index contributed by atoms with van der Waals surface area (Å²) in [6.07, 6.45) is 0.0370. The van der Waals surface area contributed by atoms with E-state index >= 15 is 0 Å². The van der Waals surface area contributed by atoms with E-state index < -0.39 is 0 Å². The van der Waals surface area contributed by atoms with Crippen LogP contribution in [-0.2, 0) is 9.47 Å². The third-order valence-electron chi connectivity index (χ3n) is 1.09. The Balaban J connectivity index is 2.21. The van der Waals surface area contributed by atoms with Crippen LogP contribution in [0, 0.1) is 0 Å². The maximum absolute atomic E-state index is 5.23. The molecule has 0 amide bonds. The number of rotatable bonds is 2. The molecule has 9 heavy (non-hydrogen) atoms. The molecular weight excluding hydrogens is 120 g/mol. The Morgan fingerprint density at radius 1 is 2.00 bits per heavy atom. The van der Waals surface area contributed by atoms with Gasteiger partial charge in [-0.15, -0.1) is 0 Å². The van der Waals surface area contributed by atoms with Gasteiger partial charge in [0.05, 0.1) is 13.2 Å². The highest BCUT2D eigenvalue weighted by atomic mass is 16.5. The Bertz CT molecular complexity index is 124. The summed E-state index contributed by atoms with van der Waals surface area (Å²) in [6, 6.07) is 0.275. The molecule has 0 radical (unpaired) electrons. The Labute approximate surface area is 53.7 Å². The predicted octanol–water partition coefficient (Wildman–Crippen LogP) is -0.654. The molecule has 1 heterocycles. The molecule has 0 aliphatic carbocycles. The van der Waals surface area contributed by atoms with Crippen LogP contribution in [-0.4, -0.2) is 32.4 Å². The average Bonchev–Trinajstić information content (AvgIpc) is 2.17. The van der Waals surface area contributed by atoms with Crippen molar-refractivity contribution in [2.45, 2.75) is 6.10 Å². The molecule has 0 unspecified atom stereocenters. The molecule has 52 valence electrons. The van der Waals surface area contributed by atoms with Crippen molar-refractivity contribution in [3.8, 4) is 0 Å². The summed E-state index contributed by atoms with van der Waals surface area (Å²) >= 11 is 0. The molecule has 4 heteroatoms. The zero-order chi connectivity index (χ0) is 6.69. The topological polar surface area (TPSA) is 56.8 Å². The van der Waals surface area contributed by atoms with Gasteiger partial charge in [-0.2, -0.15) is 0 Å². The van der Waals surface area contributed by atoms with E-state index in [1.165, 1.54) is 0 Å². The number of methoxy groups -OCH3 is 1. The summed E-state index contributed by atoms with van der Waals surface area (Å²) in [5, 5.41) is 0. The van der Waals surface area contributed by atoms with Crippen LogP contribution >= 0.6 is 0 Å². The van der Waals surface area contributed by atoms with Gasteiger partial charge in [0.1, 0.15) is 6.10 Å². The standard InChI is InChI=1S/C5H10N2O2/c1-8-3-4-2-7-5(6)9-4/h4H,2-3H2,1H3,(H2,6,7)/t4-/m0/s1. The highest BCUT2D eigenvalue weighted by molar-refractivity contribution is 5.72. The molecule has 0 spiro atoms. The summed E-state index contributed by atoms with van der Waals surface area (Å²) in [5.41, 5.74) is 5.23. The van der Waals surface area contributed by atoms with Gasteiger partial charge in [-0.1, -0.05) is 0 Å². The number of hydrogen-bond acceptors (Lipinski definition) is 4. The fourth-order valence-corrected chi connectivity index (χ4v) is 0.710. The lowest BCUT2D eigenvalue weighted by atomic mass is 10.4. The molecule has 1 aliphatic heterocycles. The third-order valence-corrected chi connectivity index (χ3v) is 1.09. The Kier molecular flexibility index (Phi) is 1.89. The first kappa shape index (κ1) is 6.35. The first-order valence-electron chi connectivity index (χ1n) is 2.78. The van der Waals surface area contributed by atoms with Crippen molar-refractivity contribution in [2.24, 2.45) is 10.7 Å². The highest BCUT2D eigenvalue weighted by Gasteiger charge is 2.16. The van der Waals surface area contributed by atoms with Crippen LogP contribution in [0.5, 0.6) is 0 Å². The van der Waals surface area contributed by atoms with E-state index in [0.717, 1.165) is 0 Å². The normalized spacial score (nSPS) is 25.4. The van der Waals surface area contributed by atoms with E-state index in [9.17, 15) is 0 Å². The second-order valence-electron chi connectivity index (χ2n) is 1.87. The molecule has 1 rings (SSSR count). The van der Waals surface area contributed by atoms with Crippen molar-refractivity contribution >= 4 is 6.02 Å². The van der Waals surface area contributed by atoms with Crippen molar-refractivity contribution < 1.29 is 9.47 Å². The van der Waals surface area contributed by atoms with Gasteiger partial charge < -0.3 is 15.2 Å². The first-order chi connectivity index (χ1) is 4.33. The van der Waals surface area contributed by atoms with Gasteiger partial charge in [0.25, 0.3) is 6.02 Å². The van der Waals surface area contributed by atoms with Crippen LogP contribution in [0.15, 0.2) is 4.99 Å². The fraction of sp³-hybridized carbons (Fsp3) is 0.800. The molecule has 0 aromatic heterocycles. The van der Waals surface area contributed by atoms with Gasteiger partial charge in [0.15, 0.2) is 0 Å². The van der Waals surface area contributed by atoms with Crippen LogP contribution in [0.25, 0.3) is 0 Å². The van der Waals surface area contributed by atoms with Crippen molar-refractivity contribution in [3.63, 3.8) is 0 Å². The Morgan fingerprint density at radius 3 is 3.22 bits per heavy atom. The van der Waals surface area contributed by atoms with Gasteiger partial charge >= 0.3 is 0 Å². The summed E-state index contributed by atoms with van der Waals surface area (Å²) in [7, 11) is 1.62. The molecule has 0 fully saturated rings. The van der Waals surface area contributed by atoms with Crippen molar-refractivity contribution in [1.82, 2.24) is 0 Å². The number of aliphatic imine (C=N–C) groups is 1. The zero-order valence-corrected chi connectivity index (χ0v) is 5.33. The quantitative estimate of drug-likeness (QED) is 0.540. The van der Waals surface area contributed by atoms with Gasteiger partial charge in [0, 0.05) is 7.11 Å². The lowest BCUT2D eigenvalue weighted by Crippen LogP contribution is -2.22. The van der Waals surface area contributed by atoms with E-state index in [1.54, 1.807) is 7.11 Å². The molecule has 4 nitrogen and oxygen atoms in total. The predicted molar refractivity (Wildman–Crippen MR) is 33.2 cm³/mol. The number of nitrogens with two attached hydrogens (primary N) is 1. The van der Waals surface area contributed by atoms with E-state index in [2.05, 4.69) is 4.99 Å². The number of amidine groups is 1. The van der Waals surface area contributed by atoms with Crippen LogP contribution in [0.3, 0.4) is 0 Å². The summed E-state index contributed by atoms with van der Waals surface area (Å²) < 4.78 is 9.82. The minimum absolute atomic E-state index is 0.0370. The van der Waals surface area contributed by atoms with Gasteiger partial charge in [-0.25, -0.2) is 4.99 Å². The van der Waals surface area contributed by atoms with Crippen LogP contribution in [0.2, 0.25) is 0 Å². The monoisotopic (exact) mass is 130 g/mol. The summed E-state index contributed by atoms with van der Waals surface area (Å²) in [4.78, 5) is 3.83. The van der Waals surface area contributed by atoms with Crippen molar-refractivity contribution in [3.05, 3.63) is 0 Å². The SMILES string of the molecule is COC[C@@H]1CN=C(N)O1. The molecule has 2 N–H and O–H groups in total. The number of ether oxygens (including phenoxy) is 2. The molecule has 0 aromatic rings. The molecule has 0 aromatic carbocycles. The number of nitrogens with zero attached hydrogens (tertiary/aromatic N) is 1. The second kappa shape index (κ2) is 2.68. The van der Waals surface area contributed by atoms with Gasteiger partial charge in [-0.3, -0.25) is 0 Å². The Hall–Kier alpha value is -0.770. The highest BCUT2D eigenvalue weighted by Crippen LogP contribution is 2.00. The lowest BCUT2D eigenvalue weighted by molar-refractivity contribution is 0.0905. The largest absolute Gasteiger partial charge is 0.458 e. The van der Waals surface area contributed by atoms with E-state index in [4.69, 9.17) is 15.2 Å². The maximum Gasteiger partial charge on any atom is 0.282 e. The lowest BCUT2D eigenvalue weighted by Gasteiger charge is -2.06. The van der Waals surface area contributed by atoms with Crippen LogP contribution in [0.1, 0.15) is 0 Å². The van der Waals surface area contributed by atoms with E-state index in [-0.39, 0.29) is 12.1 Å². The third kappa shape index (κ3) is 1.57. The fourth-order valence-electron chi connectivity index (χ4n) is 0.710. The molecule has 0 bridgehead atoms. The smallest absolute Gasteiger partial charge is 0.282 e. The zero-order valence-electron chi connectivity index (χ0n) is 5.33. The van der Waals surface area contributed by atoms with Gasteiger partial charge in [-0.05, 0) is 0 Å². The van der Waals surface area contributed by atoms with E-state index in [1.807, 2.05) is 0 Å². The summed E-state index contributed by atoms with van der Waals surface area (Å²) in [5.74, 6) is 0. The molecule has 1 atom stereocenters. The van der Waals surface area contributed by atoms with Crippen LogP contribution in [0.4, 0.5) is 0 Å². The van der Waals surface area contributed by atoms with E-state index in [0.29, 0.717) is 13.2 Å². The molecule has 1 aliphatic rings.